The van der Waals surface area contributed by atoms with E-state index in [4.69, 9.17) is 14.2 Å². The maximum atomic E-state index is 6.03. The van der Waals surface area contributed by atoms with Crippen LogP contribution in [0.3, 0.4) is 0 Å². The number of ether oxygens (including phenoxy) is 3. The van der Waals surface area contributed by atoms with Crippen molar-refractivity contribution in [2.24, 2.45) is 5.92 Å². The monoisotopic (exact) mass is 371 g/mol. The molecule has 27 heavy (non-hydrogen) atoms. The molecule has 6 heteroatoms. The lowest BCUT2D eigenvalue weighted by Crippen LogP contribution is -2.33. The summed E-state index contributed by atoms with van der Waals surface area (Å²) < 4.78 is 18.9. The Morgan fingerprint density at radius 2 is 2.15 bits per heavy atom. The van der Waals surface area contributed by atoms with Gasteiger partial charge in [-0.05, 0) is 56.9 Å². The van der Waals surface area contributed by atoms with Gasteiger partial charge in [-0.2, -0.15) is 5.10 Å². The molecule has 2 aliphatic rings. The van der Waals surface area contributed by atoms with Crippen molar-refractivity contribution in [1.82, 2.24) is 15.1 Å². The molecule has 0 spiro atoms. The molecule has 0 aliphatic carbocycles. The lowest BCUT2D eigenvalue weighted by atomic mass is 9.98. The van der Waals surface area contributed by atoms with Crippen LogP contribution in [0, 0.1) is 5.92 Å². The molecule has 0 unspecified atom stereocenters. The predicted molar refractivity (Wildman–Crippen MR) is 103 cm³/mol. The van der Waals surface area contributed by atoms with Crippen molar-refractivity contribution in [3.63, 3.8) is 0 Å². The van der Waals surface area contributed by atoms with Crippen molar-refractivity contribution in [1.29, 1.82) is 0 Å². The van der Waals surface area contributed by atoms with Gasteiger partial charge in [-0.1, -0.05) is 6.07 Å². The highest BCUT2D eigenvalue weighted by Crippen LogP contribution is 2.34. The Kier molecular flexibility index (Phi) is 5.64. The maximum Gasteiger partial charge on any atom is 0.231 e. The molecule has 146 valence electrons. The summed E-state index contributed by atoms with van der Waals surface area (Å²) in [6.45, 7) is 7.40. The minimum Gasteiger partial charge on any atom is -0.454 e. The largest absolute Gasteiger partial charge is 0.454 e. The zero-order chi connectivity index (χ0) is 18.6. The van der Waals surface area contributed by atoms with E-state index in [1.807, 2.05) is 16.9 Å². The van der Waals surface area contributed by atoms with E-state index in [1.54, 1.807) is 0 Å². The van der Waals surface area contributed by atoms with Crippen LogP contribution in [0.5, 0.6) is 11.5 Å². The smallest absolute Gasteiger partial charge is 0.231 e. The first kappa shape index (κ1) is 18.3. The van der Waals surface area contributed by atoms with Gasteiger partial charge in [0.05, 0.1) is 5.69 Å². The SMILES string of the molecule is CCn1nccc1[C@@H]1OCC[C@H]1CN[C@H](C)CCc1ccc2c(c1)OCO2. The number of hydrogen-bond donors (Lipinski definition) is 1. The first-order chi connectivity index (χ1) is 13.2. The minimum atomic E-state index is 0.154. The quantitative estimate of drug-likeness (QED) is 0.771. The number of nitrogens with one attached hydrogen (secondary N) is 1. The molecule has 0 amide bonds. The second-order valence-corrected chi connectivity index (χ2v) is 7.45. The van der Waals surface area contributed by atoms with Crippen molar-refractivity contribution in [3.8, 4) is 11.5 Å². The highest BCUT2D eigenvalue weighted by molar-refractivity contribution is 5.44. The molecule has 0 radical (unpaired) electrons. The van der Waals surface area contributed by atoms with Gasteiger partial charge in [0.25, 0.3) is 0 Å². The van der Waals surface area contributed by atoms with Crippen LogP contribution in [-0.4, -0.2) is 35.8 Å². The van der Waals surface area contributed by atoms with Crippen molar-refractivity contribution in [2.75, 3.05) is 19.9 Å². The molecule has 1 saturated heterocycles. The van der Waals surface area contributed by atoms with Crippen molar-refractivity contribution < 1.29 is 14.2 Å². The summed E-state index contributed by atoms with van der Waals surface area (Å²) in [6.07, 6.45) is 5.24. The number of hydrogen-bond acceptors (Lipinski definition) is 5. The van der Waals surface area contributed by atoms with Crippen LogP contribution < -0.4 is 14.8 Å². The molecule has 6 nitrogen and oxygen atoms in total. The second-order valence-electron chi connectivity index (χ2n) is 7.45. The highest BCUT2D eigenvalue weighted by Gasteiger charge is 2.31. The van der Waals surface area contributed by atoms with E-state index in [1.165, 1.54) is 11.3 Å². The Morgan fingerprint density at radius 1 is 1.26 bits per heavy atom. The first-order valence-corrected chi connectivity index (χ1v) is 10.00. The van der Waals surface area contributed by atoms with Crippen LogP contribution in [0.2, 0.25) is 0 Å². The van der Waals surface area contributed by atoms with Gasteiger partial charge < -0.3 is 19.5 Å². The van der Waals surface area contributed by atoms with E-state index < -0.39 is 0 Å². The zero-order valence-corrected chi connectivity index (χ0v) is 16.2. The lowest BCUT2D eigenvalue weighted by molar-refractivity contribution is 0.0824. The number of nitrogens with zero attached hydrogens (tertiary/aromatic N) is 2. The van der Waals surface area contributed by atoms with E-state index >= 15 is 0 Å². The Morgan fingerprint density at radius 3 is 3.04 bits per heavy atom. The molecule has 3 atom stereocenters. The zero-order valence-electron chi connectivity index (χ0n) is 16.2. The van der Waals surface area contributed by atoms with Crippen LogP contribution in [0.4, 0.5) is 0 Å². The topological polar surface area (TPSA) is 57.5 Å². The van der Waals surface area contributed by atoms with Gasteiger partial charge in [0, 0.05) is 37.9 Å². The fraction of sp³-hybridized carbons (Fsp3) is 0.571. The second kappa shape index (κ2) is 8.31. The first-order valence-electron chi connectivity index (χ1n) is 10.00. The lowest BCUT2D eigenvalue weighted by Gasteiger charge is -2.22. The molecular formula is C21H29N3O3. The Bertz CT molecular complexity index is 761. The predicted octanol–water partition coefficient (Wildman–Crippen LogP) is 3.32. The summed E-state index contributed by atoms with van der Waals surface area (Å²) in [7, 11) is 0. The van der Waals surface area contributed by atoms with E-state index in [0.29, 0.717) is 18.8 Å². The van der Waals surface area contributed by atoms with E-state index in [0.717, 1.165) is 50.5 Å². The number of fused-ring (bicyclic) bond motifs is 1. The molecule has 1 N–H and O–H groups in total. The Labute approximate surface area is 160 Å². The van der Waals surface area contributed by atoms with Gasteiger partial charge in [0.15, 0.2) is 11.5 Å². The fourth-order valence-corrected chi connectivity index (χ4v) is 3.95. The maximum absolute atomic E-state index is 6.03. The van der Waals surface area contributed by atoms with Crippen LogP contribution in [0.15, 0.2) is 30.5 Å². The number of aromatic nitrogens is 2. The third kappa shape index (κ3) is 4.12. The van der Waals surface area contributed by atoms with Gasteiger partial charge in [0.1, 0.15) is 6.10 Å². The third-order valence-corrected chi connectivity index (χ3v) is 5.59. The standard InChI is InChI=1S/C21H29N3O3/c1-3-24-18(8-10-23-24)21-17(9-11-25-21)13-22-15(2)4-5-16-6-7-19-20(12-16)27-14-26-19/h6-8,10,12,15,17,21-22H,3-5,9,11,13-14H2,1-2H3/t15-,17+,21-/m1/s1. The number of benzene rings is 1. The van der Waals surface area contributed by atoms with Gasteiger partial charge in [-0.3, -0.25) is 4.68 Å². The van der Waals surface area contributed by atoms with E-state index in [-0.39, 0.29) is 6.10 Å². The van der Waals surface area contributed by atoms with Crippen LogP contribution in [-0.2, 0) is 17.7 Å². The normalized spacial score (nSPS) is 22.3. The number of aryl methyl sites for hydroxylation is 2. The summed E-state index contributed by atoms with van der Waals surface area (Å²) in [4.78, 5) is 0. The molecule has 0 bridgehead atoms. The third-order valence-electron chi connectivity index (χ3n) is 5.59. The van der Waals surface area contributed by atoms with E-state index in [9.17, 15) is 0 Å². The molecule has 2 aromatic rings. The van der Waals surface area contributed by atoms with Crippen LogP contribution >= 0.6 is 0 Å². The summed E-state index contributed by atoms with van der Waals surface area (Å²) >= 11 is 0. The molecule has 1 aromatic carbocycles. The molecule has 4 rings (SSSR count). The molecule has 3 heterocycles. The van der Waals surface area contributed by atoms with Crippen molar-refractivity contribution >= 4 is 0 Å². The van der Waals surface area contributed by atoms with Gasteiger partial charge in [0.2, 0.25) is 6.79 Å². The average molecular weight is 371 g/mol. The van der Waals surface area contributed by atoms with Crippen LogP contribution in [0.1, 0.15) is 44.1 Å². The number of rotatable bonds is 8. The van der Waals surface area contributed by atoms with Crippen LogP contribution in [0.25, 0.3) is 0 Å². The summed E-state index contributed by atoms with van der Waals surface area (Å²) in [6, 6.07) is 8.78. The molecule has 2 aliphatic heterocycles. The van der Waals surface area contributed by atoms with Gasteiger partial charge in [-0.25, -0.2) is 0 Å². The summed E-state index contributed by atoms with van der Waals surface area (Å²) in [5.74, 6) is 2.22. The highest BCUT2D eigenvalue weighted by atomic mass is 16.7. The van der Waals surface area contributed by atoms with Gasteiger partial charge in [-0.15, -0.1) is 0 Å². The van der Waals surface area contributed by atoms with Crippen molar-refractivity contribution in [3.05, 3.63) is 41.7 Å². The fourth-order valence-electron chi connectivity index (χ4n) is 3.95. The Balaban J connectivity index is 1.27. The molecule has 1 aromatic heterocycles. The molecular weight excluding hydrogens is 342 g/mol. The average Bonchev–Trinajstić information content (AvgIpc) is 3.43. The molecule has 1 fully saturated rings. The summed E-state index contributed by atoms with van der Waals surface area (Å²) in [5.41, 5.74) is 2.50. The van der Waals surface area contributed by atoms with Gasteiger partial charge >= 0.3 is 0 Å². The molecule has 0 saturated carbocycles. The minimum absolute atomic E-state index is 0.154. The summed E-state index contributed by atoms with van der Waals surface area (Å²) in [5, 5.41) is 8.10. The van der Waals surface area contributed by atoms with E-state index in [2.05, 4.69) is 42.5 Å². The Hall–Kier alpha value is -2.05. The van der Waals surface area contributed by atoms with Crippen molar-refractivity contribution in [2.45, 2.75) is 51.8 Å².